The largest absolute Gasteiger partial charge is 0.480 e. The number of hydrogen-bond acceptors (Lipinski definition) is 3. The number of nitrogens with one attached hydrogen (secondary N) is 1. The van der Waals surface area contributed by atoms with Crippen molar-refractivity contribution >= 4 is 17.8 Å². The lowest BCUT2D eigenvalue weighted by molar-refractivity contribution is -0.144. The summed E-state index contributed by atoms with van der Waals surface area (Å²) < 4.78 is 0. The molecule has 1 heterocycles. The second-order valence-corrected chi connectivity index (χ2v) is 6.32. The van der Waals surface area contributed by atoms with E-state index in [-0.39, 0.29) is 17.7 Å². The molecule has 0 radical (unpaired) electrons. The first kappa shape index (κ1) is 19.5. The van der Waals surface area contributed by atoms with Crippen LogP contribution in [0.3, 0.4) is 0 Å². The number of piperidine rings is 1. The van der Waals surface area contributed by atoms with Crippen molar-refractivity contribution in [3.8, 4) is 0 Å². The maximum absolute atomic E-state index is 12.4. The molecule has 0 spiro atoms. The molecule has 0 aromatic carbocycles. The summed E-state index contributed by atoms with van der Waals surface area (Å²) in [5.74, 6) is -1.42. The highest BCUT2D eigenvalue weighted by atomic mass is 16.4. The van der Waals surface area contributed by atoms with Crippen LogP contribution in [0.5, 0.6) is 0 Å². The molecule has 0 aliphatic carbocycles. The van der Waals surface area contributed by atoms with Crippen molar-refractivity contribution < 1.29 is 19.5 Å². The average molecular weight is 326 g/mol. The Kier molecular flexibility index (Phi) is 8.66. The van der Waals surface area contributed by atoms with Crippen molar-refractivity contribution in [1.82, 2.24) is 10.2 Å². The topological polar surface area (TPSA) is 86.7 Å². The molecule has 132 valence electrons. The van der Waals surface area contributed by atoms with Gasteiger partial charge in [-0.1, -0.05) is 33.1 Å². The highest BCUT2D eigenvalue weighted by Gasteiger charge is 2.30. The van der Waals surface area contributed by atoms with Gasteiger partial charge in [0.2, 0.25) is 11.8 Å². The molecule has 1 fully saturated rings. The molecule has 1 aliphatic rings. The van der Waals surface area contributed by atoms with Crippen LogP contribution < -0.4 is 5.32 Å². The summed E-state index contributed by atoms with van der Waals surface area (Å²) >= 11 is 0. The van der Waals surface area contributed by atoms with Gasteiger partial charge in [-0.3, -0.25) is 9.59 Å². The highest BCUT2D eigenvalue weighted by molar-refractivity contribution is 5.86. The quantitative estimate of drug-likeness (QED) is 0.636. The second kappa shape index (κ2) is 10.2. The van der Waals surface area contributed by atoms with Gasteiger partial charge in [0.25, 0.3) is 0 Å². The third kappa shape index (κ3) is 6.59. The van der Waals surface area contributed by atoms with E-state index in [0.29, 0.717) is 32.4 Å². The summed E-state index contributed by atoms with van der Waals surface area (Å²) in [4.78, 5) is 37.4. The smallest absolute Gasteiger partial charge is 0.326 e. The third-order valence-corrected chi connectivity index (χ3v) is 4.32. The van der Waals surface area contributed by atoms with Crippen LogP contribution in [0.1, 0.15) is 65.2 Å². The van der Waals surface area contributed by atoms with Gasteiger partial charge < -0.3 is 15.3 Å². The van der Waals surface area contributed by atoms with Crippen molar-refractivity contribution in [3.05, 3.63) is 0 Å². The first-order valence-electron chi connectivity index (χ1n) is 8.80. The van der Waals surface area contributed by atoms with E-state index >= 15 is 0 Å². The Bertz CT molecular complexity index is 411. The lowest BCUT2D eigenvalue weighted by Crippen LogP contribution is -2.49. The molecule has 6 heteroatoms. The van der Waals surface area contributed by atoms with Crippen molar-refractivity contribution in [2.75, 3.05) is 13.1 Å². The molecule has 0 saturated carbocycles. The summed E-state index contributed by atoms with van der Waals surface area (Å²) in [6.45, 7) is 5.12. The molecule has 6 nitrogen and oxygen atoms in total. The van der Waals surface area contributed by atoms with Crippen molar-refractivity contribution in [1.29, 1.82) is 0 Å². The number of likely N-dealkylation sites (tertiary alicyclic amines) is 1. The van der Waals surface area contributed by atoms with Gasteiger partial charge >= 0.3 is 5.97 Å². The number of carbonyl (C=O) groups is 3. The Morgan fingerprint density at radius 1 is 1.22 bits per heavy atom. The molecule has 2 amide bonds. The first-order valence-corrected chi connectivity index (χ1v) is 8.80. The van der Waals surface area contributed by atoms with Gasteiger partial charge in [0, 0.05) is 19.5 Å². The maximum atomic E-state index is 12.4. The van der Waals surface area contributed by atoms with E-state index in [4.69, 9.17) is 0 Å². The molecule has 0 aromatic rings. The number of hydrogen-bond donors (Lipinski definition) is 2. The van der Waals surface area contributed by atoms with Crippen LogP contribution in [0.4, 0.5) is 0 Å². The molecule has 0 aromatic heterocycles. The van der Waals surface area contributed by atoms with Crippen LogP contribution in [0.25, 0.3) is 0 Å². The lowest BCUT2D eigenvalue weighted by Gasteiger charge is -2.32. The van der Waals surface area contributed by atoms with Gasteiger partial charge in [-0.2, -0.15) is 0 Å². The SMILES string of the molecule is CCCCC[C@H](NC(=O)[C@@H]1CCCN(C(=O)CCC)C1)C(=O)O. The van der Waals surface area contributed by atoms with E-state index in [9.17, 15) is 19.5 Å². The fraction of sp³-hybridized carbons (Fsp3) is 0.824. The van der Waals surface area contributed by atoms with E-state index in [2.05, 4.69) is 12.2 Å². The standard InChI is InChI=1S/C17H30N2O4/c1-3-5-6-10-14(17(22)23)18-16(21)13-9-7-11-19(12-13)15(20)8-4-2/h13-14H,3-12H2,1-2H3,(H,18,21)(H,22,23)/t13-,14+/m1/s1. The van der Waals surface area contributed by atoms with Crippen LogP contribution >= 0.6 is 0 Å². The monoisotopic (exact) mass is 326 g/mol. The van der Waals surface area contributed by atoms with Crippen molar-refractivity contribution in [2.45, 2.75) is 71.3 Å². The summed E-state index contributed by atoms with van der Waals surface area (Å²) in [7, 11) is 0. The summed E-state index contributed by atoms with van der Waals surface area (Å²) in [6, 6.07) is -0.823. The number of carboxylic acids is 1. The number of carboxylic acid groups (broad SMARTS) is 1. The number of unbranched alkanes of at least 4 members (excludes halogenated alkanes) is 2. The minimum Gasteiger partial charge on any atom is -0.480 e. The van der Waals surface area contributed by atoms with Crippen LogP contribution in [-0.2, 0) is 14.4 Å². The predicted octanol–water partition coefficient (Wildman–Crippen LogP) is 2.17. The van der Waals surface area contributed by atoms with Crippen LogP contribution in [0.2, 0.25) is 0 Å². The van der Waals surface area contributed by atoms with E-state index in [1.54, 1.807) is 4.90 Å². The van der Waals surface area contributed by atoms with Crippen LogP contribution in [-0.4, -0.2) is 46.9 Å². The minimum atomic E-state index is -0.982. The van der Waals surface area contributed by atoms with Crippen LogP contribution in [0.15, 0.2) is 0 Å². The number of nitrogens with zero attached hydrogens (tertiary/aromatic N) is 1. The van der Waals surface area contributed by atoms with Gasteiger partial charge in [0.05, 0.1) is 5.92 Å². The zero-order chi connectivity index (χ0) is 17.2. The van der Waals surface area contributed by atoms with Gasteiger partial charge in [-0.05, 0) is 25.7 Å². The number of rotatable bonds is 9. The van der Waals surface area contributed by atoms with Crippen molar-refractivity contribution in [3.63, 3.8) is 0 Å². The van der Waals surface area contributed by atoms with E-state index < -0.39 is 12.0 Å². The molecular weight excluding hydrogens is 296 g/mol. The van der Waals surface area contributed by atoms with Gasteiger partial charge in [-0.15, -0.1) is 0 Å². The average Bonchev–Trinajstić information content (AvgIpc) is 2.54. The highest BCUT2D eigenvalue weighted by Crippen LogP contribution is 2.18. The van der Waals surface area contributed by atoms with E-state index in [1.165, 1.54) is 0 Å². The van der Waals surface area contributed by atoms with E-state index in [0.717, 1.165) is 32.1 Å². The molecule has 23 heavy (non-hydrogen) atoms. The fourth-order valence-electron chi connectivity index (χ4n) is 2.94. The summed E-state index contributed by atoms with van der Waals surface area (Å²) in [5, 5.41) is 11.9. The van der Waals surface area contributed by atoms with E-state index in [1.807, 2.05) is 6.92 Å². The number of amides is 2. The first-order chi connectivity index (χ1) is 11.0. The van der Waals surface area contributed by atoms with Gasteiger partial charge in [0.15, 0.2) is 0 Å². The Morgan fingerprint density at radius 2 is 1.96 bits per heavy atom. The predicted molar refractivity (Wildman–Crippen MR) is 87.9 cm³/mol. The molecular formula is C17H30N2O4. The minimum absolute atomic E-state index is 0.0859. The van der Waals surface area contributed by atoms with Crippen LogP contribution in [0, 0.1) is 5.92 Å². The lowest BCUT2D eigenvalue weighted by atomic mass is 9.96. The third-order valence-electron chi connectivity index (χ3n) is 4.32. The molecule has 0 unspecified atom stereocenters. The Balaban J connectivity index is 2.53. The molecule has 1 rings (SSSR count). The summed E-state index contributed by atoms with van der Waals surface area (Å²) in [5.41, 5.74) is 0. The molecule has 1 aliphatic heterocycles. The maximum Gasteiger partial charge on any atom is 0.326 e. The Labute approximate surface area is 138 Å². The second-order valence-electron chi connectivity index (χ2n) is 6.32. The molecule has 0 bridgehead atoms. The number of aliphatic carboxylic acids is 1. The Hall–Kier alpha value is -1.59. The molecule has 2 atom stereocenters. The zero-order valence-corrected chi connectivity index (χ0v) is 14.3. The Morgan fingerprint density at radius 3 is 2.57 bits per heavy atom. The number of carbonyl (C=O) groups excluding carboxylic acids is 2. The van der Waals surface area contributed by atoms with Gasteiger partial charge in [-0.25, -0.2) is 4.79 Å². The molecule has 1 saturated heterocycles. The van der Waals surface area contributed by atoms with Gasteiger partial charge in [0.1, 0.15) is 6.04 Å². The normalized spacial score (nSPS) is 19.2. The summed E-state index contributed by atoms with van der Waals surface area (Å²) in [6.07, 6.45) is 6.03. The zero-order valence-electron chi connectivity index (χ0n) is 14.3. The van der Waals surface area contributed by atoms with Crippen molar-refractivity contribution in [2.24, 2.45) is 5.92 Å². The fourth-order valence-corrected chi connectivity index (χ4v) is 2.94. The molecule has 2 N–H and O–H groups in total.